The van der Waals surface area contributed by atoms with E-state index in [-0.39, 0.29) is 10.8 Å². The molecule has 1 unspecified atom stereocenters. The zero-order valence-electron chi connectivity index (χ0n) is 12.2. The number of ether oxygens (including phenoxy) is 1. The van der Waals surface area contributed by atoms with Crippen LogP contribution in [0.4, 0.5) is 0 Å². The van der Waals surface area contributed by atoms with Gasteiger partial charge in [0.15, 0.2) is 0 Å². The van der Waals surface area contributed by atoms with Crippen molar-refractivity contribution in [2.45, 2.75) is 37.1 Å². The fourth-order valence-corrected chi connectivity index (χ4v) is 2.90. The first-order valence-electron chi connectivity index (χ1n) is 6.81. The normalized spacial score (nSPS) is 22.2. The molecule has 1 aromatic carbocycles. The van der Waals surface area contributed by atoms with Crippen molar-refractivity contribution in [1.29, 1.82) is 0 Å². The van der Waals surface area contributed by atoms with E-state index in [1.165, 1.54) is 12.1 Å². The third kappa shape index (κ3) is 3.61. The molecule has 1 atom stereocenters. The summed E-state index contributed by atoms with van der Waals surface area (Å²) < 4.78 is 28.2. The number of rotatable bonds is 4. The minimum Gasteiger partial charge on any atom is -0.379 e. The molecule has 1 heterocycles. The molecular formula is C14H20N2O4S. The molecule has 116 valence electrons. The molecule has 0 aliphatic carbocycles. The Morgan fingerprint density at radius 3 is 2.71 bits per heavy atom. The summed E-state index contributed by atoms with van der Waals surface area (Å²) in [6.45, 7) is 4.87. The smallest absolute Gasteiger partial charge is 0.252 e. The monoisotopic (exact) mass is 312 g/mol. The molecule has 0 spiro atoms. The van der Waals surface area contributed by atoms with E-state index in [1.807, 2.05) is 13.8 Å². The Bertz CT molecular complexity index is 649. The van der Waals surface area contributed by atoms with Crippen molar-refractivity contribution in [1.82, 2.24) is 5.32 Å². The lowest BCUT2D eigenvalue weighted by molar-refractivity contribution is 0.0888. The predicted octanol–water partition coefficient (Wildman–Crippen LogP) is 0.805. The minimum absolute atomic E-state index is 0.0577. The number of nitrogens with one attached hydrogen (secondary N) is 1. The van der Waals surface area contributed by atoms with E-state index < -0.39 is 15.6 Å². The van der Waals surface area contributed by atoms with E-state index in [4.69, 9.17) is 9.88 Å². The van der Waals surface area contributed by atoms with Gasteiger partial charge < -0.3 is 10.1 Å². The molecule has 1 aliphatic rings. The third-order valence-electron chi connectivity index (χ3n) is 3.67. The molecule has 2 rings (SSSR count). The second-order valence-corrected chi connectivity index (χ2v) is 7.10. The van der Waals surface area contributed by atoms with Crippen LogP contribution in [0, 0.1) is 0 Å². The molecule has 0 saturated carbocycles. The van der Waals surface area contributed by atoms with Crippen molar-refractivity contribution in [2.24, 2.45) is 5.14 Å². The first-order valence-corrected chi connectivity index (χ1v) is 8.36. The van der Waals surface area contributed by atoms with Crippen molar-refractivity contribution in [2.75, 3.05) is 13.2 Å². The molecule has 1 aromatic rings. The lowest BCUT2D eigenvalue weighted by atomic mass is 9.99. The van der Waals surface area contributed by atoms with Gasteiger partial charge in [-0.25, -0.2) is 13.6 Å². The van der Waals surface area contributed by atoms with Gasteiger partial charge in [0.1, 0.15) is 0 Å². The summed E-state index contributed by atoms with van der Waals surface area (Å²) in [4.78, 5) is 12.4. The highest BCUT2D eigenvalue weighted by Crippen LogP contribution is 2.21. The number of carbonyl (C=O) groups excluding carboxylic acids is 1. The van der Waals surface area contributed by atoms with Gasteiger partial charge in [0.05, 0.1) is 17.0 Å². The van der Waals surface area contributed by atoms with Crippen LogP contribution in [-0.4, -0.2) is 33.1 Å². The van der Waals surface area contributed by atoms with Gasteiger partial charge in [-0.3, -0.25) is 4.79 Å². The Balaban J connectivity index is 2.34. The van der Waals surface area contributed by atoms with Crippen LogP contribution < -0.4 is 10.5 Å². The van der Waals surface area contributed by atoms with Crippen molar-refractivity contribution < 1.29 is 17.9 Å². The van der Waals surface area contributed by atoms with Crippen LogP contribution in [-0.2, 0) is 21.2 Å². The van der Waals surface area contributed by atoms with E-state index >= 15 is 0 Å². The van der Waals surface area contributed by atoms with Crippen LogP contribution in [0.25, 0.3) is 0 Å². The lowest BCUT2D eigenvalue weighted by Gasteiger charge is -2.24. The zero-order valence-corrected chi connectivity index (χ0v) is 13.0. The van der Waals surface area contributed by atoms with Crippen molar-refractivity contribution in [3.8, 4) is 0 Å². The highest BCUT2D eigenvalue weighted by atomic mass is 32.2. The summed E-state index contributed by atoms with van der Waals surface area (Å²) in [6, 6.07) is 4.39. The van der Waals surface area contributed by atoms with E-state index in [9.17, 15) is 13.2 Å². The maximum atomic E-state index is 12.5. The molecule has 1 saturated heterocycles. The van der Waals surface area contributed by atoms with Crippen LogP contribution in [0.15, 0.2) is 23.1 Å². The van der Waals surface area contributed by atoms with Gasteiger partial charge in [-0.05, 0) is 37.5 Å². The van der Waals surface area contributed by atoms with E-state index in [1.54, 1.807) is 6.07 Å². The summed E-state index contributed by atoms with van der Waals surface area (Å²) in [5.41, 5.74) is 0.708. The first kappa shape index (κ1) is 15.9. The Morgan fingerprint density at radius 2 is 2.19 bits per heavy atom. The molecule has 3 N–H and O–H groups in total. The number of hydrogen-bond acceptors (Lipinski definition) is 4. The largest absolute Gasteiger partial charge is 0.379 e. The lowest BCUT2D eigenvalue weighted by Crippen LogP contribution is -2.46. The average molecular weight is 312 g/mol. The van der Waals surface area contributed by atoms with Gasteiger partial charge >= 0.3 is 0 Å². The van der Waals surface area contributed by atoms with Gasteiger partial charge in [-0.1, -0.05) is 13.0 Å². The van der Waals surface area contributed by atoms with Crippen LogP contribution in [0.3, 0.4) is 0 Å². The van der Waals surface area contributed by atoms with Gasteiger partial charge in [0.25, 0.3) is 5.91 Å². The van der Waals surface area contributed by atoms with Crippen LogP contribution in [0.5, 0.6) is 0 Å². The highest BCUT2D eigenvalue weighted by Gasteiger charge is 2.32. The number of primary sulfonamides is 1. The number of amides is 1. The Morgan fingerprint density at radius 1 is 1.48 bits per heavy atom. The van der Waals surface area contributed by atoms with Crippen molar-refractivity contribution in [3.63, 3.8) is 0 Å². The molecule has 1 amide bonds. The number of benzene rings is 1. The van der Waals surface area contributed by atoms with Gasteiger partial charge in [0, 0.05) is 12.2 Å². The summed E-state index contributed by atoms with van der Waals surface area (Å²) in [5.74, 6) is -0.301. The minimum atomic E-state index is -3.83. The third-order valence-corrected chi connectivity index (χ3v) is 4.58. The maximum absolute atomic E-state index is 12.5. The summed E-state index contributed by atoms with van der Waals surface area (Å²) in [7, 11) is -3.83. The van der Waals surface area contributed by atoms with E-state index in [0.29, 0.717) is 25.2 Å². The van der Waals surface area contributed by atoms with Crippen molar-refractivity contribution >= 4 is 15.9 Å². The number of hydrogen-bond donors (Lipinski definition) is 2. The first-order chi connectivity index (χ1) is 9.75. The summed E-state index contributed by atoms with van der Waals surface area (Å²) in [5, 5.41) is 8.05. The number of carbonyl (C=O) groups is 1. The van der Waals surface area contributed by atoms with Gasteiger partial charge in [0.2, 0.25) is 10.0 Å². The molecule has 0 aromatic heterocycles. The zero-order chi connectivity index (χ0) is 15.7. The van der Waals surface area contributed by atoms with Crippen LogP contribution in [0.1, 0.15) is 36.2 Å². The Labute approximate surface area is 124 Å². The van der Waals surface area contributed by atoms with Crippen LogP contribution in [0.2, 0.25) is 0 Å². The fourth-order valence-electron chi connectivity index (χ4n) is 2.36. The standard InChI is InChI=1S/C14H20N2O4S/c1-3-10-4-5-11(21(15,18)19)8-12(10)13(17)16-14(2)6-7-20-9-14/h4-5,8H,3,6-7,9H2,1-2H3,(H,16,17)(H2,15,18,19). The molecule has 0 bridgehead atoms. The van der Waals surface area contributed by atoms with Crippen LogP contribution >= 0.6 is 0 Å². The molecule has 6 nitrogen and oxygen atoms in total. The SMILES string of the molecule is CCc1ccc(S(N)(=O)=O)cc1C(=O)NC1(C)CCOC1. The molecular weight excluding hydrogens is 292 g/mol. The Kier molecular flexibility index (Phi) is 4.36. The molecule has 0 radical (unpaired) electrons. The van der Waals surface area contributed by atoms with E-state index in [0.717, 1.165) is 12.0 Å². The Hall–Kier alpha value is -1.44. The highest BCUT2D eigenvalue weighted by molar-refractivity contribution is 7.89. The fraction of sp³-hybridized carbons (Fsp3) is 0.500. The van der Waals surface area contributed by atoms with Gasteiger partial charge in [-0.15, -0.1) is 0 Å². The topological polar surface area (TPSA) is 98.5 Å². The quantitative estimate of drug-likeness (QED) is 0.859. The van der Waals surface area contributed by atoms with Gasteiger partial charge in [-0.2, -0.15) is 0 Å². The summed E-state index contributed by atoms with van der Waals surface area (Å²) in [6.07, 6.45) is 1.36. The predicted molar refractivity (Wildman–Crippen MR) is 78.5 cm³/mol. The molecule has 7 heteroatoms. The maximum Gasteiger partial charge on any atom is 0.252 e. The molecule has 1 fully saturated rings. The second kappa shape index (κ2) is 5.75. The second-order valence-electron chi connectivity index (χ2n) is 5.53. The summed E-state index contributed by atoms with van der Waals surface area (Å²) >= 11 is 0. The molecule has 21 heavy (non-hydrogen) atoms. The van der Waals surface area contributed by atoms with E-state index in [2.05, 4.69) is 5.32 Å². The number of sulfonamides is 1. The van der Waals surface area contributed by atoms with Crippen molar-refractivity contribution in [3.05, 3.63) is 29.3 Å². The number of nitrogens with two attached hydrogens (primary N) is 1. The average Bonchev–Trinajstić information content (AvgIpc) is 2.83. The number of aryl methyl sites for hydroxylation is 1. The molecule has 1 aliphatic heterocycles.